The van der Waals surface area contributed by atoms with Crippen LogP contribution in [0.3, 0.4) is 0 Å². The van der Waals surface area contributed by atoms with Gasteiger partial charge in [0.05, 0.1) is 5.56 Å². The fraction of sp³-hybridized carbons (Fsp3) is 0.538. The van der Waals surface area contributed by atoms with Gasteiger partial charge in [-0.3, -0.25) is 4.79 Å². The third-order valence-corrected chi connectivity index (χ3v) is 7.89. The van der Waals surface area contributed by atoms with Crippen molar-refractivity contribution in [1.82, 2.24) is 19.6 Å². The van der Waals surface area contributed by atoms with E-state index in [-0.39, 0.29) is 23.2 Å². The van der Waals surface area contributed by atoms with Crippen LogP contribution in [0, 0.1) is 6.92 Å². The first-order valence-electron chi connectivity index (χ1n) is 12.6. The molecule has 5 rings (SSSR count). The molecular weight excluding hydrogens is 446 g/mol. The van der Waals surface area contributed by atoms with Crippen LogP contribution in [0.15, 0.2) is 30.5 Å². The fourth-order valence-corrected chi connectivity index (χ4v) is 5.94. The molecule has 1 aromatic heterocycles. The average Bonchev–Trinajstić information content (AvgIpc) is 3.52. The number of rotatable bonds is 3. The molecule has 3 saturated heterocycles. The minimum absolute atomic E-state index is 0.0982. The maximum absolute atomic E-state index is 13.9. The predicted molar refractivity (Wildman–Crippen MR) is 131 cm³/mol. The number of carboxylic acids is 1. The van der Waals surface area contributed by atoms with Crippen molar-refractivity contribution in [2.75, 3.05) is 37.6 Å². The zero-order valence-electron chi connectivity index (χ0n) is 20.3. The van der Waals surface area contributed by atoms with Crippen molar-refractivity contribution < 1.29 is 19.5 Å². The molecule has 9 nitrogen and oxygen atoms in total. The number of aromatic nitrogens is 2. The maximum Gasteiger partial charge on any atom is 0.356 e. The molecule has 2 aromatic rings. The Morgan fingerprint density at radius 1 is 0.914 bits per heavy atom. The number of benzene rings is 1. The van der Waals surface area contributed by atoms with Crippen molar-refractivity contribution >= 4 is 23.6 Å². The van der Waals surface area contributed by atoms with E-state index >= 15 is 0 Å². The number of hydrogen-bond acceptors (Lipinski definition) is 5. The summed E-state index contributed by atoms with van der Waals surface area (Å²) in [5.74, 6) is -1.06. The van der Waals surface area contributed by atoms with E-state index < -0.39 is 5.97 Å². The molecular formula is C26H33N5O4. The van der Waals surface area contributed by atoms with Crippen molar-refractivity contribution in [3.05, 3.63) is 47.3 Å². The summed E-state index contributed by atoms with van der Waals surface area (Å²) in [6.45, 7) is 5.81. The van der Waals surface area contributed by atoms with E-state index in [1.807, 2.05) is 12.1 Å². The molecule has 3 aliphatic rings. The maximum atomic E-state index is 13.9. The molecule has 3 fully saturated rings. The largest absolute Gasteiger partial charge is 0.476 e. The minimum Gasteiger partial charge on any atom is -0.476 e. The Morgan fingerprint density at radius 2 is 1.66 bits per heavy atom. The molecule has 1 spiro atoms. The summed E-state index contributed by atoms with van der Waals surface area (Å²) in [4.78, 5) is 44.1. The molecule has 4 heterocycles. The third-order valence-electron chi connectivity index (χ3n) is 7.89. The monoisotopic (exact) mass is 479 g/mol. The fourth-order valence-electron chi connectivity index (χ4n) is 5.94. The van der Waals surface area contributed by atoms with Gasteiger partial charge in [0.2, 0.25) is 0 Å². The van der Waals surface area contributed by atoms with Gasteiger partial charge in [-0.25, -0.2) is 9.59 Å². The number of hydrogen-bond donors (Lipinski definition) is 1. The second-order valence-corrected chi connectivity index (χ2v) is 10.1. The molecule has 0 aliphatic carbocycles. The first kappa shape index (κ1) is 23.4. The van der Waals surface area contributed by atoms with Gasteiger partial charge >= 0.3 is 12.0 Å². The first-order valence-corrected chi connectivity index (χ1v) is 12.6. The highest BCUT2D eigenvalue weighted by molar-refractivity contribution is 6.00. The van der Waals surface area contributed by atoms with Crippen LogP contribution in [0.4, 0.5) is 10.5 Å². The van der Waals surface area contributed by atoms with Gasteiger partial charge in [-0.1, -0.05) is 6.07 Å². The third kappa shape index (κ3) is 4.39. The van der Waals surface area contributed by atoms with E-state index in [0.29, 0.717) is 25.9 Å². The molecule has 0 atom stereocenters. The first-order chi connectivity index (χ1) is 16.9. The van der Waals surface area contributed by atoms with Crippen molar-refractivity contribution in [3.8, 4) is 0 Å². The Bertz CT molecular complexity index is 1130. The van der Waals surface area contributed by atoms with E-state index in [9.17, 15) is 14.4 Å². The van der Waals surface area contributed by atoms with E-state index in [1.165, 1.54) is 18.7 Å². The zero-order valence-corrected chi connectivity index (χ0v) is 20.3. The lowest BCUT2D eigenvalue weighted by atomic mass is 9.84. The molecule has 35 heavy (non-hydrogen) atoms. The van der Waals surface area contributed by atoms with Crippen LogP contribution in [-0.2, 0) is 0 Å². The number of aromatic carboxylic acids is 1. The molecule has 1 N–H and O–H groups in total. The number of anilines is 1. The molecule has 0 saturated carbocycles. The van der Waals surface area contributed by atoms with Crippen LogP contribution in [0.2, 0.25) is 0 Å². The Hall–Kier alpha value is -3.36. The molecule has 3 aliphatic heterocycles. The summed E-state index contributed by atoms with van der Waals surface area (Å²) in [5, 5.41) is 13.0. The van der Waals surface area contributed by atoms with Gasteiger partial charge in [0.25, 0.3) is 5.91 Å². The SMILES string of the molecule is Cc1ccc(C(=O)N2CCCC23CCN(C(=O)n2ccc(C(=O)O)n2)CC3)c(N2CCCCC2)c1. The molecule has 0 bridgehead atoms. The molecule has 0 unspecified atom stereocenters. The average molecular weight is 480 g/mol. The minimum atomic E-state index is -1.16. The number of likely N-dealkylation sites (tertiary alicyclic amines) is 2. The highest BCUT2D eigenvalue weighted by Crippen LogP contribution is 2.40. The van der Waals surface area contributed by atoms with Crippen molar-refractivity contribution in [1.29, 1.82) is 0 Å². The van der Waals surface area contributed by atoms with E-state index in [4.69, 9.17) is 5.11 Å². The van der Waals surface area contributed by atoms with E-state index in [0.717, 1.165) is 66.8 Å². The standard InChI is InChI=1S/C26H33N5O4/c1-19-6-7-20(22(18-19)28-12-3-2-4-13-28)23(32)30-14-5-9-26(30)10-16-29(17-11-26)25(35)31-15-8-21(27-31)24(33)34/h6-8,15,18H,2-5,9-14,16-17H2,1H3,(H,33,34). The topological polar surface area (TPSA) is 99.0 Å². The lowest BCUT2D eigenvalue weighted by Crippen LogP contribution is -2.55. The van der Waals surface area contributed by atoms with Crippen LogP contribution in [0.1, 0.15) is 71.4 Å². The Kier molecular flexibility index (Phi) is 6.25. The van der Waals surface area contributed by atoms with Gasteiger partial charge in [-0.15, -0.1) is 0 Å². The van der Waals surface area contributed by atoms with Crippen molar-refractivity contribution in [3.63, 3.8) is 0 Å². The number of piperidine rings is 2. The predicted octanol–water partition coefficient (Wildman–Crippen LogP) is 3.62. The van der Waals surface area contributed by atoms with Crippen molar-refractivity contribution in [2.24, 2.45) is 0 Å². The summed E-state index contributed by atoms with van der Waals surface area (Å²) < 4.78 is 1.09. The summed E-state index contributed by atoms with van der Waals surface area (Å²) in [5.41, 5.74) is 2.61. The number of aryl methyl sites for hydroxylation is 1. The highest BCUT2D eigenvalue weighted by Gasteiger charge is 2.46. The summed E-state index contributed by atoms with van der Waals surface area (Å²) >= 11 is 0. The summed E-state index contributed by atoms with van der Waals surface area (Å²) in [6.07, 6.45) is 8.27. The van der Waals surface area contributed by atoms with Gasteiger partial charge < -0.3 is 19.8 Å². The van der Waals surface area contributed by atoms with Gasteiger partial charge in [-0.05, 0) is 75.6 Å². The lowest BCUT2D eigenvalue weighted by Gasteiger charge is -2.45. The number of carboxylic acid groups (broad SMARTS) is 1. The molecule has 186 valence electrons. The normalized spacial score (nSPS) is 19.9. The van der Waals surface area contributed by atoms with Crippen LogP contribution in [0.5, 0.6) is 0 Å². The van der Waals surface area contributed by atoms with Crippen LogP contribution in [0.25, 0.3) is 0 Å². The Morgan fingerprint density at radius 3 is 2.34 bits per heavy atom. The van der Waals surface area contributed by atoms with Gasteiger partial charge in [0.15, 0.2) is 5.69 Å². The summed E-state index contributed by atoms with van der Waals surface area (Å²) in [6, 6.07) is 7.17. The molecule has 2 amide bonds. The second-order valence-electron chi connectivity index (χ2n) is 10.1. The quantitative estimate of drug-likeness (QED) is 0.722. The van der Waals surface area contributed by atoms with Gasteiger partial charge in [0, 0.05) is 50.1 Å². The number of nitrogens with zero attached hydrogens (tertiary/aromatic N) is 5. The van der Waals surface area contributed by atoms with Gasteiger partial charge in [-0.2, -0.15) is 9.78 Å². The molecule has 0 radical (unpaired) electrons. The van der Waals surface area contributed by atoms with E-state index in [2.05, 4.69) is 27.9 Å². The smallest absolute Gasteiger partial charge is 0.356 e. The van der Waals surface area contributed by atoms with Crippen LogP contribution in [-0.4, -0.2) is 80.9 Å². The van der Waals surface area contributed by atoms with Crippen LogP contribution >= 0.6 is 0 Å². The van der Waals surface area contributed by atoms with E-state index in [1.54, 1.807) is 4.90 Å². The molecule has 1 aromatic carbocycles. The van der Waals surface area contributed by atoms with Crippen molar-refractivity contribution in [2.45, 2.75) is 57.4 Å². The molecule has 9 heteroatoms. The van der Waals surface area contributed by atoms with Gasteiger partial charge in [0.1, 0.15) is 0 Å². The number of carbonyl (C=O) groups excluding carboxylic acids is 2. The number of amides is 2. The second kappa shape index (κ2) is 9.36. The Balaban J connectivity index is 1.32. The lowest BCUT2D eigenvalue weighted by molar-refractivity contribution is 0.0421. The highest BCUT2D eigenvalue weighted by atomic mass is 16.4. The number of carbonyl (C=O) groups is 3. The Labute approximate surface area is 205 Å². The van der Waals surface area contributed by atoms with Crippen LogP contribution < -0.4 is 4.90 Å². The zero-order chi connectivity index (χ0) is 24.6. The summed E-state index contributed by atoms with van der Waals surface area (Å²) in [7, 11) is 0.